The third-order valence-corrected chi connectivity index (χ3v) is 4.44. The molecular weight excluding hydrogens is 328 g/mol. The number of nitrogens with zero attached hydrogens (tertiary/aromatic N) is 2. The number of amides is 2. The fraction of sp³-hybridized carbons (Fsp3) is 0.450. The molecule has 0 saturated heterocycles. The first-order valence-electron chi connectivity index (χ1n) is 8.81. The van der Waals surface area contributed by atoms with Gasteiger partial charge >= 0.3 is 0 Å². The molecule has 1 aromatic heterocycles. The summed E-state index contributed by atoms with van der Waals surface area (Å²) in [5.74, 6) is 0.402. The van der Waals surface area contributed by atoms with Crippen LogP contribution in [0.1, 0.15) is 54.9 Å². The average Bonchev–Trinajstić information content (AvgIpc) is 2.81. The molecule has 0 radical (unpaired) electrons. The highest BCUT2D eigenvalue weighted by atomic mass is 16.2. The molecule has 0 bridgehead atoms. The van der Waals surface area contributed by atoms with Crippen LogP contribution in [0.3, 0.4) is 0 Å². The maximum atomic E-state index is 12.8. The van der Waals surface area contributed by atoms with E-state index in [1.807, 2.05) is 48.6 Å². The van der Waals surface area contributed by atoms with Crippen LogP contribution in [0.5, 0.6) is 0 Å². The van der Waals surface area contributed by atoms with E-state index in [0.29, 0.717) is 17.1 Å². The molecule has 2 rings (SSSR count). The Kier molecular flexibility index (Phi) is 5.54. The van der Waals surface area contributed by atoms with Crippen molar-refractivity contribution in [3.63, 3.8) is 0 Å². The van der Waals surface area contributed by atoms with Gasteiger partial charge in [-0.3, -0.25) is 14.3 Å². The van der Waals surface area contributed by atoms with E-state index >= 15 is 0 Å². The lowest BCUT2D eigenvalue weighted by Crippen LogP contribution is -2.28. The lowest BCUT2D eigenvalue weighted by molar-refractivity contribution is -0.123. The summed E-state index contributed by atoms with van der Waals surface area (Å²) in [6.07, 6.45) is 0.788. The summed E-state index contributed by atoms with van der Waals surface area (Å²) in [6, 6.07) is 5.34. The van der Waals surface area contributed by atoms with Crippen molar-refractivity contribution in [1.29, 1.82) is 0 Å². The van der Waals surface area contributed by atoms with Crippen LogP contribution in [-0.4, -0.2) is 21.6 Å². The van der Waals surface area contributed by atoms with Crippen LogP contribution in [0.25, 0.3) is 0 Å². The second kappa shape index (κ2) is 7.32. The number of aromatic nitrogens is 2. The van der Waals surface area contributed by atoms with Crippen molar-refractivity contribution in [2.24, 2.45) is 12.5 Å². The van der Waals surface area contributed by atoms with Gasteiger partial charge in [-0.05, 0) is 38.0 Å². The summed E-state index contributed by atoms with van der Waals surface area (Å²) < 4.78 is 1.69. The Hall–Kier alpha value is -2.63. The maximum Gasteiger partial charge on any atom is 0.257 e. The van der Waals surface area contributed by atoms with Gasteiger partial charge in [0.2, 0.25) is 5.91 Å². The normalized spacial score (nSPS) is 11.3. The summed E-state index contributed by atoms with van der Waals surface area (Å²) in [7, 11) is 1.81. The zero-order chi connectivity index (χ0) is 19.6. The molecule has 2 N–H and O–H groups in total. The first-order valence-corrected chi connectivity index (χ1v) is 8.81. The van der Waals surface area contributed by atoms with Gasteiger partial charge in [-0.1, -0.05) is 33.8 Å². The SMILES string of the molecule is CCc1c(C)nn(C)c1NC(=O)c1cccc(NC(=O)C(C)(C)C)c1C. The summed E-state index contributed by atoms with van der Waals surface area (Å²) in [4.78, 5) is 25.1. The molecule has 0 atom stereocenters. The van der Waals surface area contributed by atoms with Crippen LogP contribution in [0, 0.1) is 19.3 Å². The number of nitrogens with one attached hydrogen (secondary N) is 2. The predicted molar refractivity (Wildman–Crippen MR) is 105 cm³/mol. The Bertz CT molecular complexity index is 844. The van der Waals surface area contributed by atoms with Gasteiger partial charge in [-0.25, -0.2) is 0 Å². The van der Waals surface area contributed by atoms with Crippen LogP contribution in [0.4, 0.5) is 11.5 Å². The predicted octanol–water partition coefficient (Wildman–Crippen LogP) is 3.84. The zero-order valence-electron chi connectivity index (χ0n) is 16.7. The van der Waals surface area contributed by atoms with Crippen molar-refractivity contribution in [2.45, 2.75) is 48.0 Å². The standard InChI is InChI=1S/C20H28N4O2/c1-8-14-13(3)23-24(7)17(14)22-18(25)15-10-9-11-16(12(15)2)21-19(26)20(4,5)6/h9-11H,8H2,1-7H3,(H,21,26)(H,22,25). The third-order valence-electron chi connectivity index (χ3n) is 4.44. The van der Waals surface area contributed by atoms with Crippen LogP contribution < -0.4 is 10.6 Å². The first kappa shape index (κ1) is 19.7. The highest BCUT2D eigenvalue weighted by Crippen LogP contribution is 2.25. The van der Waals surface area contributed by atoms with E-state index in [9.17, 15) is 9.59 Å². The minimum atomic E-state index is -0.507. The number of rotatable bonds is 4. The van der Waals surface area contributed by atoms with Gasteiger partial charge in [0, 0.05) is 29.3 Å². The number of benzene rings is 1. The summed E-state index contributed by atoms with van der Waals surface area (Å²) in [5, 5.41) is 10.3. The van der Waals surface area contributed by atoms with Crippen molar-refractivity contribution in [1.82, 2.24) is 9.78 Å². The Labute approximate surface area is 155 Å². The van der Waals surface area contributed by atoms with Gasteiger partial charge < -0.3 is 10.6 Å². The molecular formula is C20H28N4O2. The maximum absolute atomic E-state index is 12.8. The Morgan fingerprint density at radius 1 is 1.15 bits per heavy atom. The average molecular weight is 356 g/mol. The molecule has 0 fully saturated rings. The molecule has 26 heavy (non-hydrogen) atoms. The van der Waals surface area contributed by atoms with Crippen LogP contribution >= 0.6 is 0 Å². The number of carbonyl (C=O) groups is 2. The number of hydrogen-bond donors (Lipinski definition) is 2. The van der Waals surface area contributed by atoms with Gasteiger partial charge in [-0.2, -0.15) is 5.10 Å². The van der Waals surface area contributed by atoms with Crippen molar-refractivity contribution in [3.8, 4) is 0 Å². The monoisotopic (exact) mass is 356 g/mol. The fourth-order valence-corrected chi connectivity index (χ4v) is 2.78. The highest BCUT2D eigenvalue weighted by Gasteiger charge is 2.23. The van der Waals surface area contributed by atoms with Crippen LogP contribution in [0.15, 0.2) is 18.2 Å². The van der Waals surface area contributed by atoms with Crippen LogP contribution in [0.2, 0.25) is 0 Å². The van der Waals surface area contributed by atoms with E-state index in [4.69, 9.17) is 0 Å². The van der Waals surface area contributed by atoms with E-state index < -0.39 is 5.41 Å². The smallest absolute Gasteiger partial charge is 0.257 e. The summed E-state index contributed by atoms with van der Waals surface area (Å²) in [6.45, 7) is 11.4. The summed E-state index contributed by atoms with van der Waals surface area (Å²) >= 11 is 0. The Balaban J connectivity index is 2.31. The van der Waals surface area contributed by atoms with E-state index in [1.54, 1.807) is 22.9 Å². The largest absolute Gasteiger partial charge is 0.325 e. The minimum absolute atomic E-state index is 0.0892. The third kappa shape index (κ3) is 3.95. The van der Waals surface area contributed by atoms with Gasteiger partial charge in [0.05, 0.1) is 5.69 Å². The van der Waals surface area contributed by atoms with Gasteiger partial charge in [0.25, 0.3) is 5.91 Å². The topological polar surface area (TPSA) is 76.0 Å². The molecule has 2 aromatic rings. The number of aryl methyl sites for hydroxylation is 2. The number of hydrogen-bond acceptors (Lipinski definition) is 3. The molecule has 0 unspecified atom stereocenters. The van der Waals surface area contributed by atoms with Crippen LogP contribution in [-0.2, 0) is 18.3 Å². The highest BCUT2D eigenvalue weighted by molar-refractivity contribution is 6.07. The molecule has 1 aromatic carbocycles. The number of anilines is 2. The molecule has 6 heteroatoms. The van der Waals surface area contributed by atoms with E-state index in [-0.39, 0.29) is 11.8 Å². The first-order chi connectivity index (χ1) is 12.1. The molecule has 140 valence electrons. The summed E-state index contributed by atoms with van der Waals surface area (Å²) in [5.41, 5.74) is 3.34. The molecule has 0 aliphatic heterocycles. The van der Waals surface area contributed by atoms with Crippen molar-refractivity contribution >= 4 is 23.3 Å². The molecule has 0 aliphatic carbocycles. The minimum Gasteiger partial charge on any atom is -0.325 e. The van der Waals surface area contributed by atoms with Crippen molar-refractivity contribution in [3.05, 3.63) is 40.6 Å². The van der Waals surface area contributed by atoms with Gasteiger partial charge in [-0.15, -0.1) is 0 Å². The fourth-order valence-electron chi connectivity index (χ4n) is 2.78. The lowest BCUT2D eigenvalue weighted by Gasteiger charge is -2.19. The quantitative estimate of drug-likeness (QED) is 0.874. The lowest BCUT2D eigenvalue weighted by atomic mass is 9.95. The Morgan fingerprint density at radius 3 is 2.38 bits per heavy atom. The second-order valence-electron chi connectivity index (χ2n) is 7.53. The van der Waals surface area contributed by atoms with E-state index in [1.165, 1.54) is 0 Å². The molecule has 0 aliphatic rings. The molecule has 2 amide bonds. The van der Waals surface area contributed by atoms with Gasteiger partial charge in [0.1, 0.15) is 5.82 Å². The molecule has 0 spiro atoms. The zero-order valence-corrected chi connectivity index (χ0v) is 16.7. The Morgan fingerprint density at radius 2 is 1.81 bits per heavy atom. The van der Waals surface area contributed by atoms with E-state index in [2.05, 4.69) is 15.7 Å². The van der Waals surface area contributed by atoms with E-state index in [0.717, 1.165) is 23.2 Å². The molecule has 6 nitrogen and oxygen atoms in total. The van der Waals surface area contributed by atoms with Gasteiger partial charge in [0.15, 0.2) is 0 Å². The molecule has 0 saturated carbocycles. The molecule has 1 heterocycles. The second-order valence-corrected chi connectivity index (χ2v) is 7.53. The van der Waals surface area contributed by atoms with Crippen molar-refractivity contribution < 1.29 is 9.59 Å². The van der Waals surface area contributed by atoms with Crippen molar-refractivity contribution in [2.75, 3.05) is 10.6 Å². The number of carbonyl (C=O) groups excluding carboxylic acids is 2.